The summed E-state index contributed by atoms with van der Waals surface area (Å²) in [5.74, 6) is 1.45. The molecular formula is C19H21N5O3S. The summed E-state index contributed by atoms with van der Waals surface area (Å²) >= 11 is 1.56. The number of ketones is 1. The lowest BCUT2D eigenvalue weighted by Gasteiger charge is -2.31. The highest BCUT2D eigenvalue weighted by Gasteiger charge is 2.39. The van der Waals surface area contributed by atoms with Gasteiger partial charge < -0.3 is 5.32 Å². The molecule has 2 aromatic rings. The van der Waals surface area contributed by atoms with Crippen LogP contribution in [-0.2, 0) is 4.79 Å². The topological polar surface area (TPSA) is 103 Å². The Balaban J connectivity index is 1.83. The highest BCUT2D eigenvalue weighted by atomic mass is 32.2. The molecule has 0 saturated heterocycles. The zero-order valence-corrected chi connectivity index (χ0v) is 16.4. The number of nitrogens with one attached hydrogen (secondary N) is 1. The minimum absolute atomic E-state index is 0.0123. The lowest BCUT2D eigenvalue weighted by molar-refractivity contribution is -0.385. The zero-order chi connectivity index (χ0) is 19.7. The molecule has 4 rings (SSSR count). The van der Waals surface area contributed by atoms with E-state index in [9.17, 15) is 14.9 Å². The van der Waals surface area contributed by atoms with Crippen LogP contribution in [0, 0.1) is 10.1 Å². The first-order valence-corrected chi connectivity index (χ1v) is 10.4. The monoisotopic (exact) mass is 399 g/mol. The number of nitro groups is 1. The predicted molar refractivity (Wildman–Crippen MR) is 106 cm³/mol. The minimum Gasteiger partial charge on any atom is -0.328 e. The number of carbonyl (C=O) groups excluding carboxylic acids is 1. The van der Waals surface area contributed by atoms with Gasteiger partial charge in [-0.2, -0.15) is 4.98 Å². The molecule has 28 heavy (non-hydrogen) atoms. The summed E-state index contributed by atoms with van der Waals surface area (Å²) in [7, 11) is 0. The molecule has 146 valence electrons. The zero-order valence-electron chi connectivity index (χ0n) is 15.6. The van der Waals surface area contributed by atoms with E-state index in [2.05, 4.69) is 22.3 Å². The van der Waals surface area contributed by atoms with Crippen LogP contribution in [-0.4, -0.2) is 31.2 Å². The highest BCUT2D eigenvalue weighted by Crippen LogP contribution is 2.42. The molecule has 0 fully saturated rings. The SMILES string of the molecule is CCCCSc1nc2n(n1)C(c1ccccc1[N+](=O)[O-])C1=C(CCCC1=O)N2. The number of unbranched alkanes of at least 4 members (excludes halogenated alkanes) is 1. The quantitative estimate of drug-likeness (QED) is 0.337. The van der Waals surface area contributed by atoms with Gasteiger partial charge in [0.05, 0.1) is 10.5 Å². The fraction of sp³-hybridized carbons (Fsp3) is 0.421. The van der Waals surface area contributed by atoms with Gasteiger partial charge in [0.15, 0.2) is 5.78 Å². The number of anilines is 1. The molecule has 8 nitrogen and oxygen atoms in total. The molecule has 2 aliphatic rings. The third-order valence-corrected chi connectivity index (χ3v) is 5.93. The summed E-state index contributed by atoms with van der Waals surface area (Å²) in [6.45, 7) is 2.13. The molecule has 1 aromatic carbocycles. The van der Waals surface area contributed by atoms with Gasteiger partial charge in [-0.25, -0.2) is 4.68 Å². The molecule has 0 bridgehead atoms. The number of para-hydroxylation sites is 1. The Morgan fingerprint density at radius 1 is 1.36 bits per heavy atom. The van der Waals surface area contributed by atoms with Crippen molar-refractivity contribution in [2.45, 2.75) is 50.2 Å². The standard InChI is InChI=1S/C19H21N5O3S/c1-2-3-11-28-19-21-18-20-13-8-6-10-15(25)16(13)17(23(18)22-19)12-7-4-5-9-14(12)24(26)27/h4-5,7,9,17H,2-3,6,8,10-11H2,1H3,(H,20,21,22). The number of thioether (sulfide) groups is 1. The smallest absolute Gasteiger partial charge is 0.275 e. The number of fused-ring (bicyclic) bond motifs is 1. The number of nitro benzene ring substituents is 1. The third kappa shape index (κ3) is 3.30. The van der Waals surface area contributed by atoms with Crippen molar-refractivity contribution in [3.8, 4) is 0 Å². The summed E-state index contributed by atoms with van der Waals surface area (Å²) in [6, 6.07) is 5.93. The molecule has 1 aromatic heterocycles. The minimum atomic E-state index is -0.631. The van der Waals surface area contributed by atoms with Crippen LogP contribution in [0.3, 0.4) is 0 Å². The first-order chi connectivity index (χ1) is 13.6. The second-order valence-electron chi connectivity index (χ2n) is 6.88. The molecular weight excluding hydrogens is 378 g/mol. The van der Waals surface area contributed by atoms with Crippen LogP contribution < -0.4 is 5.32 Å². The van der Waals surface area contributed by atoms with Crippen LogP contribution in [0.15, 0.2) is 40.7 Å². The molecule has 0 spiro atoms. The van der Waals surface area contributed by atoms with E-state index in [0.29, 0.717) is 28.7 Å². The van der Waals surface area contributed by atoms with Crippen molar-refractivity contribution in [2.24, 2.45) is 0 Å². The highest BCUT2D eigenvalue weighted by molar-refractivity contribution is 7.99. The van der Waals surface area contributed by atoms with Crippen molar-refractivity contribution in [1.82, 2.24) is 14.8 Å². The summed E-state index contributed by atoms with van der Waals surface area (Å²) in [5, 5.41) is 20.1. The first kappa shape index (κ1) is 18.7. The van der Waals surface area contributed by atoms with Gasteiger partial charge in [0.25, 0.3) is 5.69 Å². The molecule has 0 saturated carbocycles. The number of rotatable bonds is 6. The molecule has 9 heteroatoms. The number of benzene rings is 1. The van der Waals surface area contributed by atoms with E-state index < -0.39 is 11.0 Å². The molecule has 1 N–H and O–H groups in total. The summed E-state index contributed by atoms with van der Waals surface area (Å²) in [4.78, 5) is 28.6. The van der Waals surface area contributed by atoms with Crippen molar-refractivity contribution in [2.75, 3.05) is 11.1 Å². The Morgan fingerprint density at radius 2 is 2.18 bits per heavy atom. The van der Waals surface area contributed by atoms with E-state index in [4.69, 9.17) is 0 Å². The summed E-state index contributed by atoms with van der Waals surface area (Å²) < 4.78 is 1.64. The molecule has 0 amide bonds. The van der Waals surface area contributed by atoms with Crippen molar-refractivity contribution in [1.29, 1.82) is 0 Å². The van der Waals surface area contributed by atoms with Gasteiger partial charge in [-0.3, -0.25) is 14.9 Å². The van der Waals surface area contributed by atoms with E-state index in [-0.39, 0.29) is 11.5 Å². The summed E-state index contributed by atoms with van der Waals surface area (Å²) in [5.41, 5.74) is 1.83. The molecule has 1 atom stereocenters. The van der Waals surface area contributed by atoms with Crippen molar-refractivity contribution in [3.63, 3.8) is 0 Å². The Hall–Kier alpha value is -2.68. The largest absolute Gasteiger partial charge is 0.328 e. The van der Waals surface area contributed by atoms with Gasteiger partial charge in [-0.1, -0.05) is 37.2 Å². The number of nitrogens with zero attached hydrogens (tertiary/aromatic N) is 4. The van der Waals surface area contributed by atoms with Gasteiger partial charge in [0.2, 0.25) is 11.1 Å². The molecule has 2 heterocycles. The van der Waals surface area contributed by atoms with E-state index in [1.54, 1.807) is 34.6 Å². The first-order valence-electron chi connectivity index (χ1n) is 9.46. The maximum Gasteiger partial charge on any atom is 0.275 e. The maximum atomic E-state index is 12.8. The second kappa shape index (κ2) is 7.75. The number of hydrogen-bond acceptors (Lipinski definition) is 7. The van der Waals surface area contributed by atoms with Crippen molar-refractivity contribution >= 4 is 29.2 Å². The van der Waals surface area contributed by atoms with Crippen LogP contribution >= 0.6 is 11.8 Å². The average Bonchev–Trinajstić information content (AvgIpc) is 3.09. The van der Waals surface area contributed by atoms with E-state index in [1.165, 1.54) is 6.07 Å². The van der Waals surface area contributed by atoms with Gasteiger partial charge >= 0.3 is 0 Å². The Labute approximate surface area is 166 Å². The number of aromatic nitrogens is 3. The number of hydrogen-bond donors (Lipinski definition) is 1. The number of carbonyl (C=O) groups is 1. The Kier molecular flexibility index (Phi) is 5.17. The normalized spacial score (nSPS) is 18.5. The molecule has 1 unspecified atom stereocenters. The van der Waals surface area contributed by atoms with E-state index >= 15 is 0 Å². The fourth-order valence-electron chi connectivity index (χ4n) is 3.68. The molecule has 0 radical (unpaired) electrons. The molecule has 1 aliphatic carbocycles. The van der Waals surface area contributed by atoms with Gasteiger partial charge in [-0.05, 0) is 25.3 Å². The maximum absolute atomic E-state index is 12.8. The van der Waals surface area contributed by atoms with Crippen LogP contribution in [0.2, 0.25) is 0 Å². The van der Waals surface area contributed by atoms with Crippen molar-refractivity contribution in [3.05, 3.63) is 51.2 Å². The van der Waals surface area contributed by atoms with Gasteiger partial charge in [-0.15, -0.1) is 5.10 Å². The Morgan fingerprint density at radius 3 is 2.96 bits per heavy atom. The number of allylic oxidation sites excluding steroid dienone is 2. The van der Waals surface area contributed by atoms with E-state index in [1.807, 2.05) is 0 Å². The van der Waals surface area contributed by atoms with Gasteiger partial charge in [0, 0.05) is 29.5 Å². The second-order valence-corrected chi connectivity index (χ2v) is 7.94. The van der Waals surface area contributed by atoms with Crippen LogP contribution in [0.1, 0.15) is 50.6 Å². The third-order valence-electron chi connectivity index (χ3n) is 5.01. The van der Waals surface area contributed by atoms with Crippen molar-refractivity contribution < 1.29 is 9.72 Å². The lowest BCUT2D eigenvalue weighted by atomic mass is 9.85. The van der Waals surface area contributed by atoms with E-state index in [0.717, 1.165) is 37.1 Å². The predicted octanol–water partition coefficient (Wildman–Crippen LogP) is 4.10. The average molecular weight is 399 g/mol. The van der Waals surface area contributed by atoms with Crippen LogP contribution in [0.4, 0.5) is 11.6 Å². The summed E-state index contributed by atoms with van der Waals surface area (Å²) in [6.07, 6.45) is 4.08. The molecule has 1 aliphatic heterocycles. The fourth-order valence-corrected chi connectivity index (χ4v) is 4.59. The Bertz CT molecular complexity index is 968. The lowest BCUT2D eigenvalue weighted by Crippen LogP contribution is -2.31. The van der Waals surface area contributed by atoms with Gasteiger partial charge in [0.1, 0.15) is 6.04 Å². The number of Topliss-reactive ketones (excluding diaryl/α,β-unsaturated/α-hetero) is 1. The van der Waals surface area contributed by atoms with Crippen LogP contribution in [0.5, 0.6) is 0 Å². The van der Waals surface area contributed by atoms with Crippen LogP contribution in [0.25, 0.3) is 0 Å².